The van der Waals surface area contributed by atoms with Crippen LogP contribution in [0.2, 0.25) is 0 Å². The third kappa shape index (κ3) is 9.09. The summed E-state index contributed by atoms with van der Waals surface area (Å²) in [5.41, 5.74) is 7.58. The number of amides is 1. The molecule has 1 heterocycles. The maximum absolute atomic E-state index is 11.3. The van der Waals surface area contributed by atoms with Crippen LogP contribution in [0.1, 0.15) is 5.56 Å². The first kappa shape index (κ1) is 26.7. The average Bonchev–Trinajstić information content (AvgIpc) is 2.73. The minimum atomic E-state index is -3.28. The van der Waals surface area contributed by atoms with E-state index >= 15 is 0 Å². The lowest BCUT2D eigenvalue weighted by atomic mass is 10.1. The maximum atomic E-state index is 11.3. The summed E-state index contributed by atoms with van der Waals surface area (Å²) in [6.45, 7) is 3.95. The summed E-state index contributed by atoms with van der Waals surface area (Å²) < 4.78 is 30.7. The molecular formula is C22H31ClN4O5S. The predicted molar refractivity (Wildman–Crippen MR) is 132 cm³/mol. The Balaban J connectivity index is 0.00000385. The number of sulfonamides is 1. The molecule has 2 aromatic carbocycles. The molecule has 2 aromatic rings. The van der Waals surface area contributed by atoms with Gasteiger partial charge in [0.25, 0.3) is 0 Å². The van der Waals surface area contributed by atoms with Crippen LogP contribution in [0.3, 0.4) is 0 Å². The molecule has 0 bridgehead atoms. The summed E-state index contributed by atoms with van der Waals surface area (Å²) in [6, 6.07) is 14.4. The van der Waals surface area contributed by atoms with Crippen LogP contribution in [0.25, 0.3) is 0 Å². The molecule has 4 N–H and O–H groups in total. The fourth-order valence-corrected chi connectivity index (χ4v) is 4.16. The fourth-order valence-electron chi connectivity index (χ4n) is 3.59. The van der Waals surface area contributed by atoms with E-state index in [-0.39, 0.29) is 31.3 Å². The van der Waals surface area contributed by atoms with Crippen LogP contribution in [0.15, 0.2) is 48.5 Å². The molecule has 0 radical (unpaired) electrons. The number of ether oxygens (including phenoxy) is 1. The van der Waals surface area contributed by atoms with E-state index in [1.807, 2.05) is 12.1 Å². The number of aliphatic hydroxyl groups excluding tert-OH is 1. The van der Waals surface area contributed by atoms with Crippen molar-refractivity contribution in [2.45, 2.75) is 12.5 Å². The highest BCUT2D eigenvalue weighted by Crippen LogP contribution is 2.20. The lowest BCUT2D eigenvalue weighted by Gasteiger charge is -2.36. The molecule has 1 amide bonds. The van der Waals surface area contributed by atoms with E-state index in [4.69, 9.17) is 10.5 Å². The van der Waals surface area contributed by atoms with Crippen LogP contribution < -0.4 is 20.1 Å². The highest BCUT2D eigenvalue weighted by Gasteiger charge is 2.20. The standard InChI is InChI=1S/C22H30N4O5S.ClH/c1-32(29,30)24-18-4-6-19(7-5-18)26-12-10-25(11-13-26)15-20(27)16-31-21-8-2-17(3-9-21)14-22(23)28;/h2-9,20,24,27H,10-16H2,1H3,(H2,23,28);1H. The van der Waals surface area contributed by atoms with Crippen molar-refractivity contribution in [3.63, 3.8) is 0 Å². The van der Waals surface area contributed by atoms with Gasteiger partial charge in [0.1, 0.15) is 18.5 Å². The first-order chi connectivity index (χ1) is 15.2. The Morgan fingerprint density at radius 2 is 1.70 bits per heavy atom. The van der Waals surface area contributed by atoms with Crippen LogP contribution in [0, 0.1) is 0 Å². The number of carbonyl (C=O) groups is 1. The molecule has 1 aliphatic heterocycles. The van der Waals surface area contributed by atoms with Crippen LogP contribution in [-0.4, -0.2) is 76.0 Å². The van der Waals surface area contributed by atoms with Gasteiger partial charge in [-0.3, -0.25) is 14.4 Å². The second kappa shape index (κ2) is 12.1. The topological polar surface area (TPSA) is 125 Å². The van der Waals surface area contributed by atoms with E-state index in [1.54, 1.807) is 36.4 Å². The van der Waals surface area contributed by atoms with E-state index in [0.29, 0.717) is 18.0 Å². The number of halogens is 1. The van der Waals surface area contributed by atoms with Gasteiger partial charge < -0.3 is 20.5 Å². The van der Waals surface area contributed by atoms with Crippen LogP contribution in [0.4, 0.5) is 11.4 Å². The van der Waals surface area contributed by atoms with Crippen molar-refractivity contribution < 1.29 is 23.1 Å². The molecule has 0 saturated carbocycles. The zero-order valence-corrected chi connectivity index (χ0v) is 20.1. The molecule has 9 nitrogen and oxygen atoms in total. The summed E-state index contributed by atoms with van der Waals surface area (Å²) in [7, 11) is -3.28. The number of benzene rings is 2. The van der Waals surface area contributed by atoms with Gasteiger partial charge in [-0.05, 0) is 42.0 Å². The Labute approximate surface area is 201 Å². The number of nitrogens with one attached hydrogen (secondary N) is 1. The van der Waals surface area contributed by atoms with E-state index in [2.05, 4.69) is 14.5 Å². The van der Waals surface area contributed by atoms with Gasteiger partial charge in [-0.2, -0.15) is 0 Å². The Morgan fingerprint density at radius 1 is 1.09 bits per heavy atom. The van der Waals surface area contributed by atoms with E-state index in [0.717, 1.165) is 43.7 Å². The smallest absolute Gasteiger partial charge is 0.229 e. The third-order valence-corrected chi connectivity index (χ3v) is 5.73. The molecular weight excluding hydrogens is 468 g/mol. The molecule has 1 unspecified atom stereocenters. The monoisotopic (exact) mass is 498 g/mol. The number of hydrogen-bond donors (Lipinski definition) is 3. The van der Waals surface area contributed by atoms with Gasteiger partial charge in [0.15, 0.2) is 0 Å². The Morgan fingerprint density at radius 3 is 2.24 bits per heavy atom. The quantitative estimate of drug-likeness (QED) is 0.447. The molecule has 1 aliphatic rings. The minimum absolute atomic E-state index is 0. The minimum Gasteiger partial charge on any atom is -0.491 e. The predicted octanol–water partition coefficient (Wildman–Crippen LogP) is 1.07. The number of nitrogens with two attached hydrogens (primary N) is 1. The maximum Gasteiger partial charge on any atom is 0.229 e. The van der Waals surface area contributed by atoms with Gasteiger partial charge in [0, 0.05) is 44.1 Å². The largest absolute Gasteiger partial charge is 0.491 e. The van der Waals surface area contributed by atoms with E-state index < -0.39 is 16.1 Å². The Kier molecular flexibility index (Phi) is 9.78. The number of rotatable bonds is 10. The summed E-state index contributed by atoms with van der Waals surface area (Å²) >= 11 is 0. The summed E-state index contributed by atoms with van der Waals surface area (Å²) in [5.74, 6) is 0.256. The van der Waals surface area contributed by atoms with Crippen molar-refractivity contribution >= 4 is 39.7 Å². The lowest BCUT2D eigenvalue weighted by molar-refractivity contribution is -0.117. The SMILES string of the molecule is CS(=O)(=O)Nc1ccc(N2CCN(CC(O)COc3ccc(CC(N)=O)cc3)CC2)cc1.Cl. The van der Waals surface area contributed by atoms with Gasteiger partial charge in [-0.1, -0.05) is 12.1 Å². The zero-order chi connectivity index (χ0) is 23.1. The molecule has 182 valence electrons. The number of hydrogen-bond acceptors (Lipinski definition) is 7. The van der Waals surface area contributed by atoms with Crippen molar-refractivity contribution in [2.24, 2.45) is 5.73 Å². The van der Waals surface area contributed by atoms with Crippen molar-refractivity contribution in [3.8, 4) is 5.75 Å². The fraction of sp³-hybridized carbons (Fsp3) is 0.409. The number of carbonyl (C=O) groups excluding carboxylic acids is 1. The van der Waals surface area contributed by atoms with Crippen molar-refractivity contribution in [1.82, 2.24) is 4.90 Å². The zero-order valence-electron chi connectivity index (χ0n) is 18.5. The second-order valence-electron chi connectivity index (χ2n) is 7.96. The first-order valence-corrected chi connectivity index (χ1v) is 12.3. The second-order valence-corrected chi connectivity index (χ2v) is 9.71. The number of aliphatic hydroxyl groups is 1. The molecule has 0 spiro atoms. The average molecular weight is 499 g/mol. The van der Waals surface area contributed by atoms with Crippen molar-refractivity contribution in [3.05, 3.63) is 54.1 Å². The molecule has 1 saturated heterocycles. The number of primary amides is 1. The number of β-amino-alcohol motifs (C(OH)–C–C–N with tert-alkyl or cyclic N) is 1. The summed E-state index contributed by atoms with van der Waals surface area (Å²) in [5, 5.41) is 10.3. The number of anilines is 2. The van der Waals surface area contributed by atoms with Crippen LogP contribution >= 0.6 is 12.4 Å². The Hall–Kier alpha value is -2.53. The Bertz CT molecular complexity index is 994. The van der Waals surface area contributed by atoms with Gasteiger partial charge in [-0.15, -0.1) is 12.4 Å². The number of nitrogens with zero attached hydrogens (tertiary/aromatic N) is 2. The van der Waals surface area contributed by atoms with Crippen molar-refractivity contribution in [2.75, 3.05) is 55.2 Å². The normalized spacial score (nSPS) is 15.4. The van der Waals surface area contributed by atoms with E-state index in [9.17, 15) is 18.3 Å². The molecule has 33 heavy (non-hydrogen) atoms. The van der Waals surface area contributed by atoms with Gasteiger partial charge >= 0.3 is 0 Å². The molecule has 11 heteroatoms. The molecule has 1 atom stereocenters. The van der Waals surface area contributed by atoms with Crippen molar-refractivity contribution in [1.29, 1.82) is 0 Å². The molecule has 3 rings (SSSR count). The first-order valence-electron chi connectivity index (χ1n) is 10.4. The summed E-state index contributed by atoms with van der Waals surface area (Å²) in [6.07, 6.45) is 0.700. The van der Waals surface area contributed by atoms with Gasteiger partial charge in [-0.25, -0.2) is 8.42 Å². The highest BCUT2D eigenvalue weighted by atomic mass is 35.5. The third-order valence-electron chi connectivity index (χ3n) is 5.12. The van der Waals surface area contributed by atoms with Crippen LogP contribution in [-0.2, 0) is 21.2 Å². The molecule has 0 aliphatic carbocycles. The summed E-state index contributed by atoms with van der Waals surface area (Å²) in [4.78, 5) is 15.4. The molecule has 0 aromatic heterocycles. The highest BCUT2D eigenvalue weighted by molar-refractivity contribution is 7.92. The van der Waals surface area contributed by atoms with Crippen LogP contribution in [0.5, 0.6) is 5.75 Å². The number of piperazine rings is 1. The van der Waals surface area contributed by atoms with Gasteiger partial charge in [0.05, 0.1) is 12.7 Å². The van der Waals surface area contributed by atoms with E-state index in [1.165, 1.54) is 0 Å². The molecule has 1 fully saturated rings. The van der Waals surface area contributed by atoms with Gasteiger partial charge in [0.2, 0.25) is 15.9 Å². The lowest BCUT2D eigenvalue weighted by Crippen LogP contribution is -2.49.